The molecule has 0 saturated heterocycles. The van der Waals surface area contributed by atoms with Gasteiger partial charge in [0.05, 0.1) is 17.7 Å². The van der Waals surface area contributed by atoms with Gasteiger partial charge >= 0.3 is 0 Å². The minimum Gasteiger partial charge on any atom is -0.368 e. The SMILES string of the molecule is Cc1cc(-c2c(-c3ccc(F)cc3)nc(N)n3nc(Cc4cccc(Cl)n4)nc23)ccn1. The highest BCUT2D eigenvalue weighted by Crippen LogP contribution is 2.35. The number of anilines is 1. The van der Waals surface area contributed by atoms with Crippen LogP contribution in [0.5, 0.6) is 0 Å². The first-order valence-corrected chi connectivity index (χ1v) is 10.2. The molecule has 0 aliphatic heterocycles. The van der Waals surface area contributed by atoms with Gasteiger partial charge in [-0.05, 0) is 61.0 Å². The van der Waals surface area contributed by atoms with Crippen LogP contribution in [-0.4, -0.2) is 29.5 Å². The zero-order valence-corrected chi connectivity index (χ0v) is 17.8. The van der Waals surface area contributed by atoms with Crippen LogP contribution in [0.4, 0.5) is 10.3 Å². The van der Waals surface area contributed by atoms with Gasteiger partial charge in [0.15, 0.2) is 11.5 Å². The van der Waals surface area contributed by atoms with E-state index in [0.717, 1.165) is 22.5 Å². The third-order valence-electron chi connectivity index (χ3n) is 4.97. The summed E-state index contributed by atoms with van der Waals surface area (Å²) in [6, 6.07) is 15.3. The number of nitrogen functional groups attached to an aromatic ring is 1. The normalized spacial score (nSPS) is 11.2. The van der Waals surface area contributed by atoms with E-state index in [1.807, 2.05) is 31.2 Å². The molecule has 0 spiro atoms. The van der Waals surface area contributed by atoms with E-state index in [1.54, 1.807) is 24.4 Å². The molecule has 5 aromatic rings. The average Bonchev–Trinajstić information content (AvgIpc) is 3.18. The van der Waals surface area contributed by atoms with Crippen LogP contribution in [0.25, 0.3) is 28.0 Å². The smallest absolute Gasteiger partial charge is 0.223 e. The lowest BCUT2D eigenvalue weighted by Gasteiger charge is -2.12. The van der Waals surface area contributed by atoms with Gasteiger partial charge in [-0.3, -0.25) is 4.98 Å². The number of nitrogens with two attached hydrogens (primary N) is 1. The van der Waals surface area contributed by atoms with Gasteiger partial charge in [0.1, 0.15) is 11.0 Å². The van der Waals surface area contributed by atoms with E-state index in [0.29, 0.717) is 34.3 Å². The van der Waals surface area contributed by atoms with E-state index in [-0.39, 0.29) is 11.8 Å². The average molecular weight is 446 g/mol. The Kier molecular flexibility index (Phi) is 4.99. The summed E-state index contributed by atoms with van der Waals surface area (Å²) in [6.07, 6.45) is 2.10. The Bertz CT molecular complexity index is 1450. The number of aryl methyl sites for hydroxylation is 1. The second-order valence-corrected chi connectivity index (χ2v) is 7.67. The highest BCUT2D eigenvalue weighted by Gasteiger charge is 2.20. The summed E-state index contributed by atoms with van der Waals surface area (Å²) in [5.74, 6) is 0.367. The summed E-state index contributed by atoms with van der Waals surface area (Å²) in [5, 5.41) is 4.96. The number of nitrogens with zero attached hydrogens (tertiary/aromatic N) is 6. The Morgan fingerprint density at radius 1 is 1.00 bits per heavy atom. The van der Waals surface area contributed by atoms with E-state index < -0.39 is 0 Å². The molecule has 32 heavy (non-hydrogen) atoms. The van der Waals surface area contributed by atoms with Gasteiger partial charge in [-0.25, -0.2) is 19.3 Å². The van der Waals surface area contributed by atoms with Crippen LogP contribution < -0.4 is 5.73 Å². The third-order valence-corrected chi connectivity index (χ3v) is 5.18. The van der Waals surface area contributed by atoms with Crippen molar-refractivity contribution in [2.45, 2.75) is 13.3 Å². The molecule has 0 aliphatic rings. The number of fused-ring (bicyclic) bond motifs is 1. The maximum absolute atomic E-state index is 13.6. The number of halogens is 2. The number of hydrogen-bond acceptors (Lipinski definition) is 6. The van der Waals surface area contributed by atoms with Crippen molar-refractivity contribution < 1.29 is 4.39 Å². The Labute approximate surface area is 187 Å². The molecule has 0 aliphatic carbocycles. The summed E-state index contributed by atoms with van der Waals surface area (Å²) in [6.45, 7) is 1.91. The monoisotopic (exact) mass is 445 g/mol. The standard InChI is InChI=1S/C23H17ClFN7/c1-13-11-15(9-10-27-13)20-21(14-5-7-16(25)8-6-14)30-23(26)32-22(20)29-19(31-32)12-17-3-2-4-18(24)28-17/h2-11H,12H2,1H3,(H2,26,30). The predicted molar refractivity (Wildman–Crippen MR) is 121 cm³/mol. The van der Waals surface area contributed by atoms with E-state index in [9.17, 15) is 4.39 Å². The summed E-state index contributed by atoms with van der Waals surface area (Å²) in [4.78, 5) is 18.0. The van der Waals surface area contributed by atoms with Gasteiger partial charge in [-0.2, -0.15) is 4.52 Å². The lowest BCUT2D eigenvalue weighted by atomic mass is 10.0. The van der Waals surface area contributed by atoms with Gasteiger partial charge in [0, 0.05) is 23.1 Å². The Morgan fingerprint density at radius 2 is 1.81 bits per heavy atom. The maximum atomic E-state index is 13.6. The number of rotatable bonds is 4. The van der Waals surface area contributed by atoms with Crippen molar-refractivity contribution >= 4 is 23.2 Å². The second-order valence-electron chi connectivity index (χ2n) is 7.28. The molecule has 4 aromatic heterocycles. The number of hydrogen-bond donors (Lipinski definition) is 1. The van der Waals surface area contributed by atoms with Crippen LogP contribution in [-0.2, 0) is 6.42 Å². The van der Waals surface area contributed by atoms with E-state index in [4.69, 9.17) is 22.3 Å². The molecule has 0 radical (unpaired) electrons. The van der Waals surface area contributed by atoms with E-state index in [1.165, 1.54) is 16.6 Å². The largest absolute Gasteiger partial charge is 0.368 e. The van der Waals surface area contributed by atoms with Crippen molar-refractivity contribution in [2.75, 3.05) is 5.73 Å². The van der Waals surface area contributed by atoms with Gasteiger partial charge in [-0.1, -0.05) is 17.7 Å². The molecule has 0 atom stereocenters. The highest BCUT2D eigenvalue weighted by molar-refractivity contribution is 6.29. The van der Waals surface area contributed by atoms with Crippen LogP contribution in [0.3, 0.4) is 0 Å². The van der Waals surface area contributed by atoms with Gasteiger partial charge in [-0.15, -0.1) is 5.10 Å². The lowest BCUT2D eigenvalue weighted by Crippen LogP contribution is -2.06. The van der Waals surface area contributed by atoms with Crippen LogP contribution in [0, 0.1) is 12.7 Å². The van der Waals surface area contributed by atoms with Crippen LogP contribution >= 0.6 is 11.6 Å². The van der Waals surface area contributed by atoms with Crippen molar-refractivity contribution in [2.24, 2.45) is 0 Å². The number of benzene rings is 1. The highest BCUT2D eigenvalue weighted by atomic mass is 35.5. The molecule has 4 heterocycles. The zero-order valence-electron chi connectivity index (χ0n) is 17.0. The van der Waals surface area contributed by atoms with Crippen molar-refractivity contribution in [3.63, 3.8) is 0 Å². The van der Waals surface area contributed by atoms with Crippen molar-refractivity contribution in [1.82, 2.24) is 29.5 Å². The van der Waals surface area contributed by atoms with E-state index in [2.05, 4.69) is 20.1 Å². The summed E-state index contributed by atoms with van der Waals surface area (Å²) in [7, 11) is 0. The number of aromatic nitrogens is 6. The molecule has 0 fully saturated rings. The predicted octanol–water partition coefficient (Wildman–Crippen LogP) is 4.52. The first-order chi connectivity index (χ1) is 15.5. The quantitative estimate of drug-likeness (QED) is 0.408. The molecule has 0 amide bonds. The molecule has 0 unspecified atom stereocenters. The van der Waals surface area contributed by atoms with Crippen molar-refractivity contribution in [3.8, 4) is 22.4 Å². The topological polar surface area (TPSA) is 94.9 Å². The van der Waals surface area contributed by atoms with Crippen LogP contribution in [0.15, 0.2) is 60.8 Å². The minimum atomic E-state index is -0.331. The molecule has 7 nitrogen and oxygen atoms in total. The summed E-state index contributed by atoms with van der Waals surface area (Å²) < 4.78 is 15.1. The Hall–Kier alpha value is -3.91. The zero-order chi connectivity index (χ0) is 22.2. The van der Waals surface area contributed by atoms with Gasteiger partial charge in [0.25, 0.3) is 0 Å². The molecule has 5 rings (SSSR count). The maximum Gasteiger partial charge on any atom is 0.223 e. The fraction of sp³-hybridized carbons (Fsp3) is 0.0870. The molecule has 1 aromatic carbocycles. The first-order valence-electron chi connectivity index (χ1n) is 9.83. The molecule has 0 bridgehead atoms. The van der Waals surface area contributed by atoms with Crippen LogP contribution in [0.1, 0.15) is 17.2 Å². The molecular formula is C23H17ClFN7. The Morgan fingerprint density at radius 3 is 2.56 bits per heavy atom. The fourth-order valence-corrected chi connectivity index (χ4v) is 3.75. The molecular weight excluding hydrogens is 429 g/mol. The number of pyridine rings is 2. The van der Waals surface area contributed by atoms with Crippen LogP contribution in [0.2, 0.25) is 5.15 Å². The lowest BCUT2D eigenvalue weighted by molar-refractivity contribution is 0.628. The molecule has 158 valence electrons. The molecule has 0 saturated carbocycles. The van der Waals surface area contributed by atoms with Gasteiger partial charge < -0.3 is 5.73 Å². The van der Waals surface area contributed by atoms with E-state index >= 15 is 0 Å². The van der Waals surface area contributed by atoms with Gasteiger partial charge in [0.2, 0.25) is 5.95 Å². The minimum absolute atomic E-state index is 0.173. The molecule has 2 N–H and O–H groups in total. The van der Waals surface area contributed by atoms with Crippen molar-refractivity contribution in [1.29, 1.82) is 0 Å². The summed E-state index contributed by atoms with van der Waals surface area (Å²) >= 11 is 6.02. The second kappa shape index (κ2) is 7.97. The Balaban J connectivity index is 1.74. The fourth-order valence-electron chi connectivity index (χ4n) is 3.57. The molecule has 9 heteroatoms. The first kappa shape index (κ1) is 20.0. The van der Waals surface area contributed by atoms with Crippen molar-refractivity contribution in [3.05, 3.63) is 89.0 Å². The third kappa shape index (κ3) is 3.76. The summed E-state index contributed by atoms with van der Waals surface area (Å²) in [5.41, 5.74) is 11.3.